The first-order valence-electron chi connectivity index (χ1n) is 5.90. The average Bonchev–Trinajstić information content (AvgIpc) is 2.95. The van der Waals surface area contributed by atoms with E-state index >= 15 is 0 Å². The van der Waals surface area contributed by atoms with Gasteiger partial charge in [-0.25, -0.2) is 8.42 Å². The Balaban J connectivity index is 2.33. The maximum absolute atomic E-state index is 11.6. The average molecular weight is 249 g/mol. The van der Waals surface area contributed by atoms with Crippen molar-refractivity contribution in [3.63, 3.8) is 0 Å². The van der Waals surface area contributed by atoms with Gasteiger partial charge in [0, 0.05) is 12.6 Å². The molecule has 0 spiro atoms. The molecule has 0 saturated heterocycles. The van der Waals surface area contributed by atoms with Crippen LogP contribution in [0.2, 0.25) is 0 Å². The van der Waals surface area contributed by atoms with Gasteiger partial charge in [-0.05, 0) is 40.0 Å². The molecule has 2 N–H and O–H groups in total. The molecule has 0 aromatic heterocycles. The van der Waals surface area contributed by atoms with Crippen molar-refractivity contribution in [1.82, 2.24) is 5.32 Å². The van der Waals surface area contributed by atoms with Crippen LogP contribution in [0.3, 0.4) is 0 Å². The summed E-state index contributed by atoms with van der Waals surface area (Å²) in [6, 6.07) is 0.535. The molecule has 96 valence electrons. The first-order valence-corrected chi connectivity index (χ1v) is 7.62. The van der Waals surface area contributed by atoms with E-state index in [0.29, 0.717) is 19.0 Å². The molecule has 1 aliphatic carbocycles. The van der Waals surface area contributed by atoms with Crippen molar-refractivity contribution in [2.45, 2.75) is 56.9 Å². The minimum absolute atomic E-state index is 0.0595. The Morgan fingerprint density at radius 1 is 1.44 bits per heavy atom. The van der Waals surface area contributed by atoms with Gasteiger partial charge in [0.25, 0.3) is 0 Å². The molecule has 0 heterocycles. The minimum Gasteiger partial charge on any atom is -0.389 e. The Kier molecular flexibility index (Phi) is 4.37. The van der Waals surface area contributed by atoms with Crippen LogP contribution in [0.25, 0.3) is 0 Å². The molecule has 1 saturated carbocycles. The topological polar surface area (TPSA) is 66.4 Å². The third-order valence-corrected chi connectivity index (χ3v) is 5.20. The van der Waals surface area contributed by atoms with E-state index in [1.54, 1.807) is 20.8 Å². The van der Waals surface area contributed by atoms with E-state index in [9.17, 15) is 13.5 Å². The Hall–Kier alpha value is -0.130. The van der Waals surface area contributed by atoms with Gasteiger partial charge < -0.3 is 10.4 Å². The van der Waals surface area contributed by atoms with Crippen LogP contribution in [0, 0.1) is 0 Å². The number of aliphatic hydroxyl groups is 1. The lowest BCUT2D eigenvalue weighted by atomic mass is 10.0. The van der Waals surface area contributed by atoms with Crippen LogP contribution in [0.5, 0.6) is 0 Å². The number of hydrogen-bond acceptors (Lipinski definition) is 4. The van der Waals surface area contributed by atoms with E-state index in [4.69, 9.17) is 0 Å². The van der Waals surface area contributed by atoms with Crippen LogP contribution in [-0.2, 0) is 9.84 Å². The number of sulfone groups is 1. The smallest absolute Gasteiger partial charge is 0.152 e. The van der Waals surface area contributed by atoms with Crippen LogP contribution >= 0.6 is 0 Å². The maximum atomic E-state index is 11.6. The number of hydrogen-bond donors (Lipinski definition) is 2. The largest absolute Gasteiger partial charge is 0.389 e. The summed E-state index contributed by atoms with van der Waals surface area (Å²) >= 11 is 0. The second-order valence-electron chi connectivity index (χ2n) is 5.32. The number of nitrogens with one attached hydrogen (secondary N) is 1. The van der Waals surface area contributed by atoms with Gasteiger partial charge in [0.05, 0.1) is 16.6 Å². The molecule has 0 bridgehead atoms. The summed E-state index contributed by atoms with van der Waals surface area (Å²) in [5.74, 6) is 0.0595. The first-order chi connectivity index (χ1) is 7.23. The summed E-state index contributed by atoms with van der Waals surface area (Å²) in [5, 5.41) is 12.9. The molecule has 0 radical (unpaired) electrons. The van der Waals surface area contributed by atoms with Crippen molar-refractivity contribution >= 4 is 9.84 Å². The van der Waals surface area contributed by atoms with Gasteiger partial charge in [-0.1, -0.05) is 0 Å². The van der Waals surface area contributed by atoms with Crippen molar-refractivity contribution in [3.05, 3.63) is 0 Å². The molecular weight excluding hydrogens is 226 g/mol. The molecule has 1 atom stereocenters. The minimum atomic E-state index is -3.04. The van der Waals surface area contributed by atoms with Gasteiger partial charge in [0.2, 0.25) is 0 Å². The molecule has 1 aliphatic rings. The van der Waals surface area contributed by atoms with Gasteiger partial charge in [-0.2, -0.15) is 0 Å². The summed E-state index contributed by atoms with van der Waals surface area (Å²) in [6.45, 7) is 5.52. The van der Waals surface area contributed by atoms with Crippen LogP contribution in [-0.4, -0.2) is 42.7 Å². The standard InChI is InChI=1S/C11H23NO3S/c1-9(2)16(14,15)7-6-11(3,13)8-12-10-4-5-10/h9-10,12-13H,4-8H2,1-3H3. The summed E-state index contributed by atoms with van der Waals surface area (Å²) < 4.78 is 23.2. The second-order valence-corrected chi connectivity index (χ2v) is 7.99. The van der Waals surface area contributed by atoms with Gasteiger partial charge >= 0.3 is 0 Å². The fraction of sp³-hybridized carbons (Fsp3) is 1.00. The summed E-state index contributed by atoms with van der Waals surface area (Å²) in [6.07, 6.45) is 2.63. The van der Waals surface area contributed by atoms with E-state index < -0.39 is 15.4 Å². The zero-order valence-electron chi connectivity index (χ0n) is 10.4. The lowest BCUT2D eigenvalue weighted by molar-refractivity contribution is 0.0562. The monoisotopic (exact) mass is 249 g/mol. The van der Waals surface area contributed by atoms with Crippen LogP contribution in [0.1, 0.15) is 40.0 Å². The van der Waals surface area contributed by atoms with E-state index in [2.05, 4.69) is 5.32 Å². The highest BCUT2D eigenvalue weighted by Gasteiger charge is 2.28. The van der Waals surface area contributed by atoms with Crippen molar-refractivity contribution in [2.75, 3.05) is 12.3 Å². The quantitative estimate of drug-likeness (QED) is 0.697. The Morgan fingerprint density at radius 3 is 2.44 bits per heavy atom. The molecule has 1 rings (SSSR count). The van der Waals surface area contributed by atoms with Crippen molar-refractivity contribution in [3.8, 4) is 0 Å². The fourth-order valence-corrected chi connectivity index (χ4v) is 2.53. The van der Waals surface area contributed by atoms with Gasteiger partial charge in [0.15, 0.2) is 9.84 Å². The van der Waals surface area contributed by atoms with E-state index in [-0.39, 0.29) is 11.0 Å². The van der Waals surface area contributed by atoms with Crippen LogP contribution in [0.4, 0.5) is 0 Å². The normalized spacial score (nSPS) is 21.1. The molecule has 0 aliphatic heterocycles. The maximum Gasteiger partial charge on any atom is 0.152 e. The summed E-state index contributed by atoms with van der Waals surface area (Å²) in [7, 11) is -3.04. The SMILES string of the molecule is CC(C)S(=O)(=O)CCC(C)(O)CNC1CC1. The Bertz CT molecular complexity index is 318. The molecule has 0 aromatic carbocycles. The molecule has 0 amide bonds. The highest BCUT2D eigenvalue weighted by atomic mass is 32.2. The van der Waals surface area contributed by atoms with Gasteiger partial charge in [0.1, 0.15) is 0 Å². The van der Waals surface area contributed by atoms with Crippen molar-refractivity contribution in [2.24, 2.45) is 0 Å². The lowest BCUT2D eigenvalue weighted by Crippen LogP contribution is -2.40. The first kappa shape index (κ1) is 13.9. The molecule has 16 heavy (non-hydrogen) atoms. The van der Waals surface area contributed by atoms with E-state index in [0.717, 1.165) is 0 Å². The predicted octanol–water partition coefficient (Wildman–Crippen LogP) is 0.703. The third-order valence-electron chi connectivity index (χ3n) is 2.99. The van der Waals surface area contributed by atoms with E-state index in [1.165, 1.54) is 12.8 Å². The predicted molar refractivity (Wildman–Crippen MR) is 65.2 cm³/mol. The van der Waals surface area contributed by atoms with Crippen molar-refractivity contribution in [1.29, 1.82) is 0 Å². The molecule has 1 fully saturated rings. The van der Waals surface area contributed by atoms with Crippen molar-refractivity contribution < 1.29 is 13.5 Å². The molecule has 5 heteroatoms. The molecule has 1 unspecified atom stereocenters. The zero-order valence-corrected chi connectivity index (χ0v) is 11.2. The van der Waals surface area contributed by atoms with Gasteiger partial charge in [-0.15, -0.1) is 0 Å². The molecule has 4 nitrogen and oxygen atoms in total. The second kappa shape index (κ2) is 5.02. The van der Waals surface area contributed by atoms with E-state index in [1.807, 2.05) is 0 Å². The summed E-state index contributed by atoms with van der Waals surface area (Å²) in [5.41, 5.74) is -0.926. The number of rotatable bonds is 7. The highest BCUT2D eigenvalue weighted by Crippen LogP contribution is 2.20. The molecule has 0 aromatic rings. The lowest BCUT2D eigenvalue weighted by Gasteiger charge is -2.24. The Morgan fingerprint density at radius 2 is 2.00 bits per heavy atom. The summed E-state index contributed by atoms with van der Waals surface area (Å²) in [4.78, 5) is 0. The van der Waals surface area contributed by atoms with Crippen LogP contribution in [0.15, 0.2) is 0 Å². The van der Waals surface area contributed by atoms with Gasteiger partial charge in [-0.3, -0.25) is 0 Å². The third kappa shape index (κ3) is 4.80. The zero-order chi connectivity index (χ0) is 12.4. The molecular formula is C11H23NO3S. The highest BCUT2D eigenvalue weighted by molar-refractivity contribution is 7.91. The Labute approximate surface area is 98.4 Å². The fourth-order valence-electron chi connectivity index (χ4n) is 1.34. The van der Waals surface area contributed by atoms with Crippen LogP contribution < -0.4 is 5.32 Å².